The van der Waals surface area contributed by atoms with E-state index >= 15 is 0 Å². The molecule has 1 heterocycles. The highest BCUT2D eigenvalue weighted by Gasteiger charge is 2.17. The molecule has 1 aliphatic heterocycles. The highest BCUT2D eigenvalue weighted by molar-refractivity contribution is 5.36. The van der Waals surface area contributed by atoms with Crippen molar-refractivity contribution in [3.05, 3.63) is 29.3 Å². The second kappa shape index (κ2) is 4.64. The van der Waals surface area contributed by atoms with Crippen molar-refractivity contribution in [3.8, 4) is 5.75 Å². The van der Waals surface area contributed by atoms with Crippen LogP contribution in [0.15, 0.2) is 18.2 Å². The number of methoxy groups -OCH3 is 1. The van der Waals surface area contributed by atoms with Crippen LogP contribution in [0.2, 0.25) is 0 Å². The van der Waals surface area contributed by atoms with E-state index in [9.17, 15) is 0 Å². The molecule has 0 saturated carbocycles. The molecule has 0 spiro atoms. The highest BCUT2D eigenvalue weighted by atomic mass is 16.5. The summed E-state index contributed by atoms with van der Waals surface area (Å²) in [6.45, 7) is 4.73. The van der Waals surface area contributed by atoms with Crippen LogP contribution in [0.4, 0.5) is 0 Å². The van der Waals surface area contributed by atoms with Crippen molar-refractivity contribution < 1.29 is 9.47 Å². The van der Waals surface area contributed by atoms with Gasteiger partial charge >= 0.3 is 0 Å². The molecular formula is C12H17NO2. The molecule has 2 rings (SSSR count). The van der Waals surface area contributed by atoms with Gasteiger partial charge in [-0.25, -0.2) is 0 Å². The van der Waals surface area contributed by atoms with Gasteiger partial charge in [-0.2, -0.15) is 0 Å². The number of nitrogens with one attached hydrogen (secondary N) is 1. The zero-order valence-corrected chi connectivity index (χ0v) is 9.25. The second-order valence-corrected chi connectivity index (χ2v) is 3.79. The first kappa shape index (κ1) is 10.5. The Labute approximate surface area is 90.4 Å². The molecule has 1 unspecified atom stereocenters. The van der Waals surface area contributed by atoms with Crippen LogP contribution >= 0.6 is 0 Å². The van der Waals surface area contributed by atoms with Gasteiger partial charge in [0, 0.05) is 13.1 Å². The van der Waals surface area contributed by atoms with Gasteiger partial charge in [-0.05, 0) is 30.2 Å². The maximum Gasteiger partial charge on any atom is 0.119 e. The third kappa shape index (κ3) is 2.30. The zero-order valence-electron chi connectivity index (χ0n) is 9.25. The molecule has 0 bridgehead atoms. The minimum absolute atomic E-state index is 0.185. The van der Waals surface area contributed by atoms with Crippen molar-refractivity contribution in [2.75, 3.05) is 26.8 Å². The van der Waals surface area contributed by atoms with Gasteiger partial charge in [0.2, 0.25) is 0 Å². The lowest BCUT2D eigenvalue weighted by atomic mass is 10.0. The Bertz CT molecular complexity index is 332. The smallest absolute Gasteiger partial charge is 0.119 e. The zero-order chi connectivity index (χ0) is 10.7. The number of hydrogen-bond acceptors (Lipinski definition) is 3. The molecule has 1 aromatic carbocycles. The van der Waals surface area contributed by atoms with Crippen LogP contribution in [-0.2, 0) is 4.74 Å². The summed E-state index contributed by atoms with van der Waals surface area (Å²) >= 11 is 0. The summed E-state index contributed by atoms with van der Waals surface area (Å²) in [6.07, 6.45) is 0.185. The van der Waals surface area contributed by atoms with Crippen LogP contribution in [-0.4, -0.2) is 26.8 Å². The van der Waals surface area contributed by atoms with E-state index in [1.54, 1.807) is 7.11 Å². The van der Waals surface area contributed by atoms with E-state index in [1.165, 1.54) is 11.1 Å². The lowest BCUT2D eigenvalue weighted by molar-refractivity contribution is 0.0273. The van der Waals surface area contributed by atoms with Gasteiger partial charge in [0.05, 0.1) is 19.8 Å². The Kier molecular flexibility index (Phi) is 3.23. The number of hydrogen-bond donors (Lipinski definition) is 1. The molecule has 1 saturated heterocycles. The standard InChI is InChI=1S/C12H17NO2/c1-9-7-10(14-2)3-4-11(9)12-8-13-5-6-15-12/h3-4,7,12-13H,5-6,8H2,1-2H3. The van der Waals surface area contributed by atoms with Crippen molar-refractivity contribution in [1.82, 2.24) is 5.32 Å². The molecule has 3 heteroatoms. The van der Waals surface area contributed by atoms with E-state index in [4.69, 9.17) is 9.47 Å². The molecule has 1 aliphatic rings. The van der Waals surface area contributed by atoms with Crippen molar-refractivity contribution in [2.24, 2.45) is 0 Å². The first-order chi connectivity index (χ1) is 7.31. The fourth-order valence-electron chi connectivity index (χ4n) is 1.90. The summed E-state index contributed by atoms with van der Waals surface area (Å²) in [7, 11) is 1.69. The van der Waals surface area contributed by atoms with E-state index in [0.29, 0.717) is 0 Å². The monoisotopic (exact) mass is 207 g/mol. The molecule has 82 valence electrons. The van der Waals surface area contributed by atoms with Gasteiger partial charge < -0.3 is 14.8 Å². The molecule has 1 atom stereocenters. The van der Waals surface area contributed by atoms with Crippen molar-refractivity contribution in [1.29, 1.82) is 0 Å². The summed E-state index contributed by atoms with van der Waals surface area (Å²) in [6, 6.07) is 6.12. The quantitative estimate of drug-likeness (QED) is 0.800. The average Bonchev–Trinajstić information content (AvgIpc) is 2.30. The third-order valence-corrected chi connectivity index (χ3v) is 2.75. The Balaban J connectivity index is 2.19. The minimum atomic E-state index is 0.185. The van der Waals surface area contributed by atoms with Crippen LogP contribution in [0, 0.1) is 6.92 Å². The fraction of sp³-hybridized carbons (Fsp3) is 0.500. The van der Waals surface area contributed by atoms with E-state index < -0.39 is 0 Å². The molecule has 0 aliphatic carbocycles. The summed E-state index contributed by atoms with van der Waals surface area (Å²) in [5.41, 5.74) is 2.48. The number of aryl methyl sites for hydroxylation is 1. The molecule has 0 amide bonds. The van der Waals surface area contributed by atoms with E-state index in [2.05, 4.69) is 18.3 Å². The van der Waals surface area contributed by atoms with Crippen LogP contribution in [0.1, 0.15) is 17.2 Å². The Morgan fingerprint density at radius 2 is 2.33 bits per heavy atom. The lowest BCUT2D eigenvalue weighted by Gasteiger charge is -2.25. The normalized spacial score (nSPS) is 21.3. The first-order valence-electron chi connectivity index (χ1n) is 5.28. The molecule has 0 radical (unpaired) electrons. The van der Waals surface area contributed by atoms with Crippen LogP contribution in [0.3, 0.4) is 0 Å². The van der Waals surface area contributed by atoms with E-state index in [0.717, 1.165) is 25.4 Å². The highest BCUT2D eigenvalue weighted by Crippen LogP contribution is 2.25. The third-order valence-electron chi connectivity index (χ3n) is 2.75. The predicted octanol–water partition coefficient (Wildman–Crippen LogP) is 1.66. The Morgan fingerprint density at radius 1 is 1.47 bits per heavy atom. The van der Waals surface area contributed by atoms with Crippen molar-refractivity contribution >= 4 is 0 Å². The number of ether oxygens (including phenoxy) is 2. The molecule has 3 nitrogen and oxygen atoms in total. The van der Waals surface area contributed by atoms with Gasteiger partial charge in [-0.15, -0.1) is 0 Å². The maximum atomic E-state index is 5.72. The Morgan fingerprint density at radius 3 is 2.93 bits per heavy atom. The average molecular weight is 207 g/mol. The lowest BCUT2D eigenvalue weighted by Crippen LogP contribution is -2.33. The van der Waals surface area contributed by atoms with Crippen molar-refractivity contribution in [3.63, 3.8) is 0 Å². The first-order valence-corrected chi connectivity index (χ1v) is 5.28. The molecule has 1 N–H and O–H groups in total. The molecule has 15 heavy (non-hydrogen) atoms. The summed E-state index contributed by atoms with van der Waals surface area (Å²) in [4.78, 5) is 0. The van der Waals surface area contributed by atoms with Gasteiger partial charge in [0.25, 0.3) is 0 Å². The largest absolute Gasteiger partial charge is 0.497 e. The summed E-state index contributed by atoms with van der Waals surface area (Å²) in [5, 5.41) is 3.33. The van der Waals surface area contributed by atoms with Gasteiger partial charge in [-0.1, -0.05) is 6.07 Å². The minimum Gasteiger partial charge on any atom is -0.497 e. The molecule has 0 aromatic heterocycles. The van der Waals surface area contributed by atoms with Crippen LogP contribution in [0.25, 0.3) is 0 Å². The fourth-order valence-corrected chi connectivity index (χ4v) is 1.90. The van der Waals surface area contributed by atoms with Crippen molar-refractivity contribution in [2.45, 2.75) is 13.0 Å². The second-order valence-electron chi connectivity index (χ2n) is 3.79. The predicted molar refractivity (Wildman–Crippen MR) is 59.3 cm³/mol. The summed E-state index contributed by atoms with van der Waals surface area (Å²) < 4.78 is 10.9. The van der Waals surface area contributed by atoms with Gasteiger partial charge in [-0.3, -0.25) is 0 Å². The molecule has 1 fully saturated rings. The molecule has 1 aromatic rings. The van der Waals surface area contributed by atoms with E-state index in [1.807, 2.05) is 12.1 Å². The van der Waals surface area contributed by atoms with Crippen LogP contribution in [0.5, 0.6) is 5.75 Å². The topological polar surface area (TPSA) is 30.5 Å². The van der Waals surface area contributed by atoms with Crippen LogP contribution < -0.4 is 10.1 Å². The number of benzene rings is 1. The Hall–Kier alpha value is -1.06. The summed E-state index contributed by atoms with van der Waals surface area (Å²) in [5.74, 6) is 0.903. The SMILES string of the molecule is COc1ccc(C2CNCCO2)c(C)c1. The number of morpholine rings is 1. The molecular weight excluding hydrogens is 190 g/mol. The van der Waals surface area contributed by atoms with E-state index in [-0.39, 0.29) is 6.10 Å². The van der Waals surface area contributed by atoms with Gasteiger partial charge in [0.1, 0.15) is 5.75 Å². The number of rotatable bonds is 2. The van der Waals surface area contributed by atoms with Gasteiger partial charge in [0.15, 0.2) is 0 Å². The maximum absolute atomic E-state index is 5.72.